The van der Waals surface area contributed by atoms with Crippen molar-refractivity contribution < 1.29 is 4.79 Å². The molecule has 37 heavy (non-hydrogen) atoms. The van der Waals surface area contributed by atoms with E-state index in [9.17, 15) is 4.79 Å². The predicted molar refractivity (Wildman–Crippen MR) is 149 cm³/mol. The molecular formula is C32H34N4O. The van der Waals surface area contributed by atoms with Gasteiger partial charge in [0.05, 0.1) is 6.20 Å². The highest BCUT2D eigenvalue weighted by atomic mass is 16.1. The SMILES string of the molecule is Cc1ccc(C(=O)Cc2ccc(CN3CC[C@@H](N(C)C)C3)c(C)c2)cc1C#Cc1cnc2ccccn12. The number of likely N-dealkylation sites (tertiary alicyclic amines) is 1. The quantitative estimate of drug-likeness (QED) is 0.284. The molecule has 0 N–H and O–H groups in total. The molecule has 1 aliphatic rings. The summed E-state index contributed by atoms with van der Waals surface area (Å²) in [5.74, 6) is 6.59. The Balaban J connectivity index is 1.28. The van der Waals surface area contributed by atoms with Crippen LogP contribution in [0.2, 0.25) is 0 Å². The first-order valence-electron chi connectivity index (χ1n) is 12.9. The van der Waals surface area contributed by atoms with Gasteiger partial charge in [-0.2, -0.15) is 0 Å². The van der Waals surface area contributed by atoms with Crippen molar-refractivity contribution in [3.8, 4) is 11.8 Å². The zero-order valence-corrected chi connectivity index (χ0v) is 22.2. The summed E-state index contributed by atoms with van der Waals surface area (Å²) in [6.07, 6.45) is 5.35. The van der Waals surface area contributed by atoms with Crippen molar-refractivity contribution in [2.45, 2.75) is 39.3 Å². The van der Waals surface area contributed by atoms with E-state index in [1.807, 2.05) is 53.9 Å². The number of ketones is 1. The second-order valence-corrected chi connectivity index (χ2v) is 10.4. The van der Waals surface area contributed by atoms with Crippen molar-refractivity contribution in [1.29, 1.82) is 0 Å². The van der Waals surface area contributed by atoms with E-state index in [0.717, 1.165) is 47.7 Å². The molecule has 2 aromatic carbocycles. The summed E-state index contributed by atoms with van der Waals surface area (Å²) in [5, 5.41) is 0. The van der Waals surface area contributed by atoms with Crippen LogP contribution >= 0.6 is 0 Å². The van der Waals surface area contributed by atoms with Gasteiger partial charge >= 0.3 is 0 Å². The van der Waals surface area contributed by atoms with Gasteiger partial charge in [-0.05, 0) is 80.7 Å². The lowest BCUT2D eigenvalue weighted by Crippen LogP contribution is -2.31. The van der Waals surface area contributed by atoms with Gasteiger partial charge in [0, 0.05) is 49.4 Å². The molecular weight excluding hydrogens is 456 g/mol. The van der Waals surface area contributed by atoms with Gasteiger partial charge in [0.2, 0.25) is 0 Å². The molecule has 1 aliphatic heterocycles. The average Bonchev–Trinajstić information content (AvgIpc) is 3.52. The third-order valence-corrected chi connectivity index (χ3v) is 7.45. The molecule has 0 saturated carbocycles. The molecule has 2 aromatic heterocycles. The molecule has 5 heteroatoms. The van der Waals surface area contributed by atoms with Crippen LogP contribution in [0.1, 0.15) is 50.3 Å². The van der Waals surface area contributed by atoms with Gasteiger partial charge in [0.25, 0.3) is 0 Å². The number of Topliss-reactive ketones (excluding diaryl/α,β-unsaturated/α-hetero) is 1. The van der Waals surface area contributed by atoms with E-state index in [2.05, 4.69) is 65.8 Å². The van der Waals surface area contributed by atoms with E-state index >= 15 is 0 Å². The van der Waals surface area contributed by atoms with Gasteiger partial charge in [-0.25, -0.2) is 4.98 Å². The summed E-state index contributed by atoms with van der Waals surface area (Å²) < 4.78 is 1.97. The highest BCUT2D eigenvalue weighted by Crippen LogP contribution is 2.20. The first-order valence-corrected chi connectivity index (χ1v) is 12.9. The lowest BCUT2D eigenvalue weighted by atomic mass is 9.97. The number of pyridine rings is 1. The Kier molecular flexibility index (Phi) is 7.23. The summed E-state index contributed by atoms with van der Waals surface area (Å²) in [4.78, 5) is 22.4. The van der Waals surface area contributed by atoms with Crippen LogP contribution in [0.15, 0.2) is 67.0 Å². The molecule has 0 bridgehead atoms. The lowest BCUT2D eigenvalue weighted by Gasteiger charge is -2.21. The zero-order valence-electron chi connectivity index (χ0n) is 22.2. The molecule has 1 fully saturated rings. The molecule has 0 unspecified atom stereocenters. The van der Waals surface area contributed by atoms with Crippen LogP contribution in [-0.4, -0.2) is 58.2 Å². The molecule has 0 radical (unpaired) electrons. The minimum Gasteiger partial charge on any atom is -0.305 e. The number of carbonyl (C=O) groups is 1. The molecule has 5 nitrogen and oxygen atoms in total. The molecule has 188 valence electrons. The van der Waals surface area contributed by atoms with Crippen LogP contribution in [0.25, 0.3) is 5.65 Å². The minimum absolute atomic E-state index is 0.110. The maximum Gasteiger partial charge on any atom is 0.167 e. The molecule has 4 aromatic rings. The van der Waals surface area contributed by atoms with Crippen LogP contribution in [0.4, 0.5) is 0 Å². The van der Waals surface area contributed by atoms with Gasteiger partial charge < -0.3 is 4.90 Å². The maximum absolute atomic E-state index is 13.2. The van der Waals surface area contributed by atoms with E-state index in [-0.39, 0.29) is 5.78 Å². The molecule has 0 amide bonds. The number of likely N-dealkylation sites (N-methyl/N-ethyl adjacent to an activating group) is 1. The van der Waals surface area contributed by atoms with E-state index in [0.29, 0.717) is 18.0 Å². The number of nitrogens with zero attached hydrogens (tertiary/aromatic N) is 4. The van der Waals surface area contributed by atoms with Crippen molar-refractivity contribution in [2.75, 3.05) is 27.2 Å². The van der Waals surface area contributed by atoms with Crippen LogP contribution in [0.5, 0.6) is 0 Å². The standard InChI is InChI=1S/C32H34N4O/c1-23-8-10-27(19-26(23)12-13-29-20-33-32-7-5-6-15-36(29)32)31(37)18-25-9-11-28(24(2)17-25)21-35-16-14-30(22-35)34(3)4/h5-11,15,17,19-20,30H,14,16,18,21-22H2,1-4H3/t30-/m1/s1. The Morgan fingerprint density at radius 3 is 2.70 bits per heavy atom. The third kappa shape index (κ3) is 5.67. The Morgan fingerprint density at radius 1 is 1.05 bits per heavy atom. The molecule has 0 spiro atoms. The highest BCUT2D eigenvalue weighted by Gasteiger charge is 2.24. The second-order valence-electron chi connectivity index (χ2n) is 10.4. The number of rotatable bonds is 6. The van der Waals surface area contributed by atoms with E-state index in [1.165, 1.54) is 17.5 Å². The van der Waals surface area contributed by atoms with Crippen molar-refractivity contribution in [3.63, 3.8) is 0 Å². The molecule has 0 aliphatic carbocycles. The number of hydrogen-bond donors (Lipinski definition) is 0. The molecule has 1 atom stereocenters. The normalized spacial score (nSPS) is 15.8. The van der Waals surface area contributed by atoms with Crippen molar-refractivity contribution in [2.24, 2.45) is 0 Å². The fraction of sp³-hybridized carbons (Fsp3) is 0.312. The minimum atomic E-state index is 0.110. The monoisotopic (exact) mass is 490 g/mol. The van der Waals surface area contributed by atoms with Gasteiger partial charge in [0.1, 0.15) is 11.3 Å². The smallest absolute Gasteiger partial charge is 0.167 e. The summed E-state index contributed by atoms with van der Waals surface area (Å²) >= 11 is 0. The van der Waals surface area contributed by atoms with Crippen LogP contribution < -0.4 is 0 Å². The fourth-order valence-corrected chi connectivity index (χ4v) is 5.04. The fourth-order valence-electron chi connectivity index (χ4n) is 5.04. The van der Waals surface area contributed by atoms with Gasteiger partial charge in [-0.1, -0.05) is 42.3 Å². The van der Waals surface area contributed by atoms with Crippen molar-refractivity contribution in [1.82, 2.24) is 19.2 Å². The Bertz CT molecular complexity index is 1500. The third-order valence-electron chi connectivity index (χ3n) is 7.45. The van der Waals surface area contributed by atoms with Crippen LogP contribution in [0.3, 0.4) is 0 Å². The molecule has 5 rings (SSSR count). The van der Waals surface area contributed by atoms with Crippen molar-refractivity contribution >= 4 is 11.4 Å². The Morgan fingerprint density at radius 2 is 1.92 bits per heavy atom. The van der Waals surface area contributed by atoms with Crippen LogP contribution in [-0.2, 0) is 13.0 Å². The van der Waals surface area contributed by atoms with Crippen molar-refractivity contribution in [3.05, 3.63) is 106 Å². The number of imidazole rings is 1. The van der Waals surface area contributed by atoms with E-state index in [4.69, 9.17) is 0 Å². The summed E-state index contributed by atoms with van der Waals surface area (Å²) in [7, 11) is 4.33. The lowest BCUT2D eigenvalue weighted by molar-refractivity contribution is 0.0993. The summed E-state index contributed by atoms with van der Waals surface area (Å²) in [6.45, 7) is 7.40. The molecule has 1 saturated heterocycles. The predicted octanol–water partition coefficient (Wildman–Crippen LogP) is 4.91. The number of aryl methyl sites for hydroxylation is 2. The molecule has 3 heterocycles. The Labute approximate surface area is 219 Å². The topological polar surface area (TPSA) is 40.9 Å². The number of aromatic nitrogens is 2. The zero-order chi connectivity index (χ0) is 25.9. The van der Waals surface area contributed by atoms with Crippen LogP contribution in [0, 0.1) is 25.7 Å². The largest absolute Gasteiger partial charge is 0.305 e. The number of benzene rings is 2. The first kappa shape index (κ1) is 25.0. The maximum atomic E-state index is 13.2. The number of fused-ring (bicyclic) bond motifs is 1. The van der Waals surface area contributed by atoms with Gasteiger partial charge in [0.15, 0.2) is 5.78 Å². The first-order chi connectivity index (χ1) is 17.9. The number of carbonyl (C=O) groups excluding carboxylic acids is 1. The summed E-state index contributed by atoms with van der Waals surface area (Å²) in [5.41, 5.74) is 7.96. The Hall–Kier alpha value is -3.72. The number of hydrogen-bond acceptors (Lipinski definition) is 4. The second kappa shape index (κ2) is 10.7. The van der Waals surface area contributed by atoms with Gasteiger partial charge in [-0.15, -0.1) is 0 Å². The van der Waals surface area contributed by atoms with E-state index < -0.39 is 0 Å². The van der Waals surface area contributed by atoms with E-state index in [1.54, 1.807) is 6.20 Å². The summed E-state index contributed by atoms with van der Waals surface area (Å²) in [6, 6.07) is 18.8. The van der Waals surface area contributed by atoms with Gasteiger partial charge in [-0.3, -0.25) is 14.1 Å². The highest BCUT2D eigenvalue weighted by molar-refractivity contribution is 5.98. The average molecular weight is 491 g/mol.